The third-order valence-electron chi connectivity index (χ3n) is 3.59. The molecule has 2 aromatic rings. The maximum Gasteiger partial charge on any atom is 0.326 e. The molecule has 9 nitrogen and oxygen atoms in total. The summed E-state index contributed by atoms with van der Waals surface area (Å²) in [5.74, 6) is -2.26. The van der Waals surface area contributed by atoms with Gasteiger partial charge in [-0.1, -0.05) is 18.2 Å². The molecule has 140 valence electrons. The summed E-state index contributed by atoms with van der Waals surface area (Å²) in [6.07, 6.45) is -0.246. The van der Waals surface area contributed by atoms with Gasteiger partial charge in [-0.2, -0.15) is 0 Å². The molecule has 0 spiro atoms. The number of hydrogen-bond donors (Lipinski definition) is 2. The Labute approximate surface area is 153 Å². The molecule has 0 saturated heterocycles. The molecule has 0 radical (unpaired) electrons. The van der Waals surface area contributed by atoms with Gasteiger partial charge in [-0.3, -0.25) is 19.7 Å². The summed E-state index contributed by atoms with van der Waals surface area (Å²) in [5, 5.41) is 22.8. The molecule has 27 heavy (non-hydrogen) atoms. The summed E-state index contributed by atoms with van der Waals surface area (Å²) >= 11 is 0. The second-order valence-corrected chi connectivity index (χ2v) is 5.57. The predicted octanol–water partition coefficient (Wildman–Crippen LogP) is 1.95. The number of carboxylic acids is 1. The van der Waals surface area contributed by atoms with Crippen molar-refractivity contribution in [3.05, 3.63) is 69.8 Å². The van der Waals surface area contributed by atoms with Crippen molar-refractivity contribution in [1.29, 1.82) is 0 Å². The number of esters is 1. The zero-order valence-electron chi connectivity index (χ0n) is 14.2. The number of benzene rings is 2. The summed E-state index contributed by atoms with van der Waals surface area (Å²) in [5.41, 5.74) is 0.129. The van der Waals surface area contributed by atoms with Crippen LogP contribution in [0.15, 0.2) is 48.5 Å². The lowest BCUT2D eigenvalue weighted by atomic mass is 10.0. The highest BCUT2D eigenvalue weighted by Crippen LogP contribution is 2.19. The number of nitro groups is 1. The van der Waals surface area contributed by atoms with Crippen LogP contribution in [0.4, 0.5) is 5.69 Å². The van der Waals surface area contributed by atoms with Gasteiger partial charge in [0.25, 0.3) is 11.6 Å². The summed E-state index contributed by atoms with van der Waals surface area (Å²) < 4.78 is 4.85. The number of nitrogens with one attached hydrogen (secondary N) is 1. The summed E-state index contributed by atoms with van der Waals surface area (Å²) in [7, 11) is 0. The van der Waals surface area contributed by atoms with Crippen molar-refractivity contribution in [1.82, 2.24) is 5.32 Å². The molecule has 0 saturated carbocycles. The van der Waals surface area contributed by atoms with Gasteiger partial charge in [0.2, 0.25) is 0 Å². The summed E-state index contributed by atoms with van der Waals surface area (Å²) in [4.78, 5) is 45.1. The van der Waals surface area contributed by atoms with Crippen LogP contribution in [0.5, 0.6) is 5.75 Å². The molecule has 0 bridgehead atoms. The van der Waals surface area contributed by atoms with E-state index >= 15 is 0 Å². The van der Waals surface area contributed by atoms with E-state index < -0.39 is 28.8 Å². The van der Waals surface area contributed by atoms with Crippen molar-refractivity contribution < 1.29 is 29.2 Å². The number of para-hydroxylation sites is 1. The Morgan fingerprint density at radius 1 is 1.15 bits per heavy atom. The largest absolute Gasteiger partial charge is 0.480 e. The highest BCUT2D eigenvalue weighted by atomic mass is 16.6. The van der Waals surface area contributed by atoms with Crippen molar-refractivity contribution in [3.8, 4) is 5.75 Å². The van der Waals surface area contributed by atoms with E-state index in [9.17, 15) is 29.6 Å². The molecular weight excluding hydrogens is 356 g/mol. The molecular formula is C18H16N2O7. The van der Waals surface area contributed by atoms with Gasteiger partial charge in [0.15, 0.2) is 0 Å². The lowest BCUT2D eigenvalue weighted by Gasteiger charge is -2.15. The van der Waals surface area contributed by atoms with Crippen LogP contribution in [0.25, 0.3) is 0 Å². The number of nitro benzene ring substituents is 1. The fourth-order valence-corrected chi connectivity index (χ4v) is 2.36. The van der Waals surface area contributed by atoms with E-state index in [4.69, 9.17) is 4.74 Å². The quantitative estimate of drug-likeness (QED) is 0.328. The fraction of sp³-hybridized carbons (Fsp3) is 0.167. The molecule has 0 aliphatic heterocycles. The highest BCUT2D eigenvalue weighted by molar-refractivity contribution is 5.96. The van der Waals surface area contributed by atoms with Crippen LogP contribution < -0.4 is 10.1 Å². The first-order valence-electron chi connectivity index (χ1n) is 7.82. The molecule has 2 aromatic carbocycles. The van der Waals surface area contributed by atoms with Crippen molar-refractivity contribution >= 4 is 23.5 Å². The van der Waals surface area contributed by atoms with Gasteiger partial charge in [0, 0.05) is 30.5 Å². The number of carbonyl (C=O) groups excluding carboxylic acids is 2. The van der Waals surface area contributed by atoms with Gasteiger partial charge >= 0.3 is 11.9 Å². The number of carboxylic acid groups (broad SMARTS) is 1. The number of hydrogen-bond acceptors (Lipinski definition) is 6. The topological polar surface area (TPSA) is 136 Å². The molecule has 0 aliphatic carbocycles. The minimum atomic E-state index is -1.35. The Morgan fingerprint density at radius 3 is 2.33 bits per heavy atom. The van der Waals surface area contributed by atoms with E-state index in [0.717, 1.165) is 0 Å². The van der Waals surface area contributed by atoms with Gasteiger partial charge in [0.05, 0.1) is 4.92 Å². The Kier molecular flexibility index (Phi) is 6.21. The number of aliphatic carboxylic acids is 1. The van der Waals surface area contributed by atoms with Crippen LogP contribution in [0, 0.1) is 10.1 Å². The number of rotatable bonds is 7. The van der Waals surface area contributed by atoms with Gasteiger partial charge in [-0.15, -0.1) is 0 Å². The number of carbonyl (C=O) groups is 3. The first-order chi connectivity index (χ1) is 12.8. The van der Waals surface area contributed by atoms with Crippen molar-refractivity contribution in [2.24, 2.45) is 0 Å². The minimum Gasteiger partial charge on any atom is -0.480 e. The smallest absolute Gasteiger partial charge is 0.326 e. The lowest BCUT2D eigenvalue weighted by Crippen LogP contribution is -2.42. The number of amides is 1. The van der Waals surface area contributed by atoms with Crippen molar-refractivity contribution in [2.45, 2.75) is 19.4 Å². The standard InChI is InChI=1S/C18H16N2O7/c1-11(21)27-14-8-6-12(7-9-14)17(22)19-15(18(23)24)10-13-4-2-3-5-16(13)20(25)26/h2-9,15H,10H2,1H3,(H,19,22)(H,23,24)/t15-/m0/s1. The summed E-state index contributed by atoms with van der Waals surface area (Å²) in [6.45, 7) is 1.24. The van der Waals surface area contributed by atoms with Crippen LogP contribution in [-0.4, -0.2) is 33.9 Å². The predicted molar refractivity (Wildman–Crippen MR) is 93.4 cm³/mol. The summed E-state index contributed by atoms with van der Waals surface area (Å²) in [6, 6.07) is 9.92. The van der Waals surface area contributed by atoms with E-state index in [1.807, 2.05) is 0 Å². The Morgan fingerprint density at radius 2 is 1.78 bits per heavy atom. The Bertz CT molecular complexity index is 878. The molecule has 0 heterocycles. The van der Waals surface area contributed by atoms with E-state index in [2.05, 4.69) is 5.32 Å². The molecule has 0 unspecified atom stereocenters. The third kappa shape index (κ3) is 5.36. The molecule has 0 fully saturated rings. The van der Waals surface area contributed by atoms with E-state index in [-0.39, 0.29) is 29.0 Å². The normalized spacial score (nSPS) is 11.3. The molecule has 2 N–H and O–H groups in total. The molecule has 0 aromatic heterocycles. The number of ether oxygens (including phenoxy) is 1. The van der Waals surface area contributed by atoms with E-state index in [0.29, 0.717) is 0 Å². The first-order valence-corrected chi connectivity index (χ1v) is 7.82. The average Bonchev–Trinajstić information content (AvgIpc) is 2.61. The van der Waals surface area contributed by atoms with Crippen molar-refractivity contribution in [2.75, 3.05) is 0 Å². The second-order valence-electron chi connectivity index (χ2n) is 5.57. The van der Waals surface area contributed by atoms with Crippen molar-refractivity contribution in [3.63, 3.8) is 0 Å². The molecule has 1 amide bonds. The Hall–Kier alpha value is -3.75. The van der Waals surface area contributed by atoms with Gasteiger partial charge in [-0.25, -0.2) is 4.79 Å². The maximum atomic E-state index is 12.3. The monoisotopic (exact) mass is 372 g/mol. The zero-order valence-corrected chi connectivity index (χ0v) is 14.2. The number of nitrogens with zero attached hydrogens (tertiary/aromatic N) is 1. The maximum absolute atomic E-state index is 12.3. The molecule has 0 aliphatic rings. The third-order valence-corrected chi connectivity index (χ3v) is 3.59. The van der Waals surface area contributed by atoms with Crippen LogP contribution in [0.2, 0.25) is 0 Å². The Balaban J connectivity index is 2.14. The highest BCUT2D eigenvalue weighted by Gasteiger charge is 2.24. The molecule has 9 heteroatoms. The second kappa shape index (κ2) is 8.56. The van der Waals surface area contributed by atoms with Crippen LogP contribution in [0.1, 0.15) is 22.8 Å². The van der Waals surface area contributed by atoms with Gasteiger partial charge in [0.1, 0.15) is 11.8 Å². The zero-order chi connectivity index (χ0) is 20.0. The van der Waals surface area contributed by atoms with E-state index in [1.165, 1.54) is 49.4 Å². The fourth-order valence-electron chi connectivity index (χ4n) is 2.36. The van der Waals surface area contributed by atoms with Gasteiger partial charge in [-0.05, 0) is 24.3 Å². The van der Waals surface area contributed by atoms with Crippen LogP contribution in [-0.2, 0) is 16.0 Å². The van der Waals surface area contributed by atoms with Crippen LogP contribution in [0.3, 0.4) is 0 Å². The SMILES string of the molecule is CC(=O)Oc1ccc(C(=O)N[C@@H](Cc2ccccc2[N+](=O)[O-])C(=O)O)cc1. The first kappa shape index (κ1) is 19.6. The van der Waals surface area contributed by atoms with E-state index in [1.54, 1.807) is 6.07 Å². The van der Waals surface area contributed by atoms with Crippen LogP contribution >= 0.6 is 0 Å². The lowest BCUT2D eigenvalue weighted by molar-refractivity contribution is -0.385. The minimum absolute atomic E-state index is 0.153. The van der Waals surface area contributed by atoms with Gasteiger partial charge < -0.3 is 15.2 Å². The average molecular weight is 372 g/mol. The molecule has 1 atom stereocenters. The molecule has 2 rings (SSSR count).